The highest BCUT2D eigenvalue weighted by Crippen LogP contribution is 2.33. The maximum atomic E-state index is 11.8. The van der Waals surface area contributed by atoms with Crippen molar-refractivity contribution in [2.75, 3.05) is 13.1 Å². The lowest BCUT2D eigenvalue weighted by Crippen LogP contribution is -2.37. The molecule has 1 saturated heterocycles. The van der Waals surface area contributed by atoms with E-state index < -0.39 is 0 Å². The molecule has 3 aliphatic heterocycles. The number of carbonyl (C=O) groups is 2. The summed E-state index contributed by atoms with van der Waals surface area (Å²) in [6.07, 6.45) is 2.92. The summed E-state index contributed by atoms with van der Waals surface area (Å²) < 4.78 is 1.89. The Morgan fingerprint density at radius 3 is 2.43 bits per heavy atom. The van der Waals surface area contributed by atoms with E-state index in [-0.39, 0.29) is 11.7 Å². The first kappa shape index (κ1) is 7.79. The van der Waals surface area contributed by atoms with Crippen LogP contribution in [-0.2, 0) is 4.79 Å². The minimum atomic E-state index is 0.0810. The van der Waals surface area contributed by atoms with Crippen molar-refractivity contribution >= 4 is 11.7 Å². The van der Waals surface area contributed by atoms with Gasteiger partial charge < -0.3 is 9.47 Å². The van der Waals surface area contributed by atoms with Gasteiger partial charge in [-0.3, -0.25) is 9.59 Å². The molecule has 3 aliphatic rings. The zero-order valence-electron chi connectivity index (χ0n) is 7.69. The highest BCUT2D eigenvalue weighted by Gasteiger charge is 2.34. The second-order valence-corrected chi connectivity index (χ2v) is 3.75. The number of hydrogen-bond acceptors (Lipinski definition) is 2. The first-order valence-corrected chi connectivity index (χ1v) is 4.80. The summed E-state index contributed by atoms with van der Waals surface area (Å²) in [4.78, 5) is 24.6. The molecule has 0 spiro atoms. The summed E-state index contributed by atoms with van der Waals surface area (Å²) in [6.45, 7) is 1.17. The molecule has 0 radical (unpaired) electrons. The molecule has 3 heterocycles. The predicted octanol–water partition coefficient (Wildman–Crippen LogP) is 0.596. The fourth-order valence-corrected chi connectivity index (χ4v) is 1.89. The Kier molecular flexibility index (Phi) is 1.37. The number of aromatic nitrogens is 1. The third-order valence-corrected chi connectivity index (χ3v) is 2.89. The van der Waals surface area contributed by atoms with Gasteiger partial charge in [0, 0.05) is 32.1 Å². The molecule has 0 bridgehead atoms. The van der Waals surface area contributed by atoms with Crippen LogP contribution in [-0.4, -0.2) is 34.2 Å². The molecule has 0 N–H and O–H groups in total. The van der Waals surface area contributed by atoms with E-state index in [4.69, 9.17) is 0 Å². The van der Waals surface area contributed by atoms with Crippen molar-refractivity contribution in [2.24, 2.45) is 0 Å². The zero-order valence-corrected chi connectivity index (χ0v) is 7.69. The van der Waals surface area contributed by atoms with E-state index in [2.05, 4.69) is 0 Å². The number of likely N-dealkylation sites (tertiary alicyclic amines) is 1. The zero-order chi connectivity index (χ0) is 9.71. The third kappa shape index (κ3) is 0.937. The first-order valence-electron chi connectivity index (χ1n) is 4.80. The van der Waals surface area contributed by atoms with E-state index in [1.165, 1.54) is 0 Å². The lowest BCUT2D eigenvalue weighted by atomic mass is 10.1. The van der Waals surface area contributed by atoms with Gasteiger partial charge in [0.05, 0.1) is 5.69 Å². The molecule has 0 aromatic rings. The first-order chi connectivity index (χ1) is 6.77. The SMILES string of the molecule is O=C1CCN(C(=O)c2c3ccn2-3)CC1. The lowest BCUT2D eigenvalue weighted by Gasteiger charge is -2.24. The van der Waals surface area contributed by atoms with Crippen LogP contribution in [0.5, 0.6) is 0 Å². The van der Waals surface area contributed by atoms with Gasteiger partial charge in [-0.15, -0.1) is 0 Å². The van der Waals surface area contributed by atoms with E-state index in [9.17, 15) is 9.59 Å². The van der Waals surface area contributed by atoms with Crippen LogP contribution >= 0.6 is 0 Å². The third-order valence-electron chi connectivity index (χ3n) is 2.89. The monoisotopic (exact) mass is 190 g/mol. The fourth-order valence-electron chi connectivity index (χ4n) is 1.89. The maximum Gasteiger partial charge on any atom is 0.273 e. The Morgan fingerprint density at radius 1 is 1.29 bits per heavy atom. The molecule has 14 heavy (non-hydrogen) atoms. The highest BCUT2D eigenvalue weighted by molar-refractivity contribution is 6.03. The van der Waals surface area contributed by atoms with E-state index in [0.717, 1.165) is 11.4 Å². The molecule has 3 rings (SSSR count). The van der Waals surface area contributed by atoms with Gasteiger partial charge in [-0.25, -0.2) is 0 Å². The van der Waals surface area contributed by atoms with Crippen LogP contribution in [0.3, 0.4) is 0 Å². The second-order valence-electron chi connectivity index (χ2n) is 3.75. The quantitative estimate of drug-likeness (QED) is 0.660. The van der Waals surface area contributed by atoms with Crippen LogP contribution in [0.1, 0.15) is 23.3 Å². The van der Waals surface area contributed by atoms with Crippen LogP contribution in [0.15, 0.2) is 12.3 Å². The summed E-state index contributed by atoms with van der Waals surface area (Å²) in [6, 6.07) is 1.93. The molecule has 0 atom stereocenters. The van der Waals surface area contributed by atoms with Gasteiger partial charge >= 0.3 is 0 Å². The maximum absolute atomic E-state index is 11.8. The van der Waals surface area contributed by atoms with Crippen molar-refractivity contribution in [1.29, 1.82) is 0 Å². The van der Waals surface area contributed by atoms with Gasteiger partial charge in [-0.1, -0.05) is 0 Å². The average molecular weight is 190 g/mol. The van der Waals surface area contributed by atoms with Gasteiger partial charge in [0.15, 0.2) is 0 Å². The molecule has 0 unspecified atom stereocenters. The molecule has 0 aromatic heterocycles. The molecular formula is C10H10N2O2. The van der Waals surface area contributed by atoms with Crippen LogP contribution in [0, 0.1) is 0 Å². The summed E-state index contributed by atoms with van der Waals surface area (Å²) in [7, 11) is 0. The van der Waals surface area contributed by atoms with Crippen molar-refractivity contribution in [3.05, 3.63) is 18.0 Å². The Balaban J connectivity index is 1.73. The van der Waals surface area contributed by atoms with Crippen molar-refractivity contribution < 1.29 is 9.59 Å². The van der Waals surface area contributed by atoms with Gasteiger partial charge in [-0.2, -0.15) is 0 Å². The molecule has 0 aromatic carbocycles. The molecular weight excluding hydrogens is 180 g/mol. The van der Waals surface area contributed by atoms with Crippen LogP contribution < -0.4 is 0 Å². The van der Waals surface area contributed by atoms with Crippen molar-refractivity contribution in [3.63, 3.8) is 0 Å². The number of carbonyl (C=O) groups excluding carboxylic acids is 2. The summed E-state index contributed by atoms with van der Waals surface area (Å²) in [5.41, 5.74) is 1.85. The Bertz CT molecular complexity index is 404. The molecule has 0 aliphatic carbocycles. The molecule has 1 fully saturated rings. The van der Waals surface area contributed by atoms with E-state index >= 15 is 0 Å². The normalized spacial score (nSPS) is 18.6. The van der Waals surface area contributed by atoms with E-state index in [0.29, 0.717) is 25.9 Å². The average Bonchev–Trinajstić information content (AvgIpc) is 2.67. The van der Waals surface area contributed by atoms with E-state index in [1.807, 2.05) is 16.8 Å². The summed E-state index contributed by atoms with van der Waals surface area (Å²) in [5.74, 6) is 0.349. The number of fused-ring (bicyclic) bond motifs is 1. The smallest absolute Gasteiger partial charge is 0.273 e. The van der Waals surface area contributed by atoms with Gasteiger partial charge in [-0.05, 0) is 6.07 Å². The minimum absolute atomic E-state index is 0.0810. The van der Waals surface area contributed by atoms with Gasteiger partial charge in [0.1, 0.15) is 11.5 Å². The fraction of sp³-hybridized carbons (Fsp3) is 0.400. The molecule has 0 saturated carbocycles. The number of piperidine rings is 1. The minimum Gasteiger partial charge on any atom is -0.336 e. The predicted molar refractivity (Wildman–Crippen MR) is 49.5 cm³/mol. The number of ketones is 1. The highest BCUT2D eigenvalue weighted by atomic mass is 16.2. The summed E-state index contributed by atoms with van der Waals surface area (Å²) in [5, 5.41) is 0. The second kappa shape index (κ2) is 2.47. The van der Waals surface area contributed by atoms with Crippen LogP contribution in [0.4, 0.5) is 0 Å². The number of amides is 1. The Morgan fingerprint density at radius 2 is 1.93 bits per heavy atom. The molecule has 1 amide bonds. The van der Waals surface area contributed by atoms with Crippen molar-refractivity contribution in [2.45, 2.75) is 12.8 Å². The number of nitrogens with zero attached hydrogens (tertiary/aromatic N) is 2. The van der Waals surface area contributed by atoms with Gasteiger partial charge in [0.2, 0.25) is 0 Å². The largest absolute Gasteiger partial charge is 0.336 e. The number of rotatable bonds is 1. The molecule has 4 heteroatoms. The van der Waals surface area contributed by atoms with Gasteiger partial charge in [0.25, 0.3) is 5.91 Å². The van der Waals surface area contributed by atoms with Crippen molar-refractivity contribution in [3.8, 4) is 5.69 Å². The number of Topliss-reactive ketones (excluding diaryl/α,β-unsaturated/α-hetero) is 1. The standard InChI is InChI=1S/C10H10N2O2/c13-7-1-4-11(5-2-7)10(14)9-8-3-6-12(8)9/h3,6H,1-2,4-5H2. The van der Waals surface area contributed by atoms with Crippen molar-refractivity contribution in [1.82, 2.24) is 9.47 Å². The van der Waals surface area contributed by atoms with Crippen LogP contribution in [0.25, 0.3) is 5.69 Å². The molecule has 72 valence electrons. The van der Waals surface area contributed by atoms with Crippen LogP contribution in [0.2, 0.25) is 0 Å². The Hall–Kier alpha value is -1.58. The number of hydrogen-bond donors (Lipinski definition) is 0. The molecule has 4 nitrogen and oxygen atoms in total. The topological polar surface area (TPSA) is 42.3 Å². The van der Waals surface area contributed by atoms with E-state index in [1.54, 1.807) is 4.90 Å². The lowest BCUT2D eigenvalue weighted by molar-refractivity contribution is -0.120. The Labute approximate surface area is 81.1 Å². The summed E-state index contributed by atoms with van der Waals surface area (Å²) >= 11 is 0.